The van der Waals surface area contributed by atoms with Crippen molar-refractivity contribution in [3.63, 3.8) is 0 Å². The van der Waals surface area contributed by atoms with Gasteiger partial charge in [-0.05, 0) is 29.8 Å². The molecule has 1 unspecified atom stereocenters. The smallest absolute Gasteiger partial charge is 0.123 e. The first-order valence-corrected chi connectivity index (χ1v) is 7.40. The lowest BCUT2D eigenvalue weighted by Gasteiger charge is -2.25. The van der Waals surface area contributed by atoms with Crippen LogP contribution in [0.25, 0.3) is 0 Å². The maximum atomic E-state index is 12.9. The molecule has 0 saturated heterocycles. The monoisotopic (exact) mass is 321 g/mol. The van der Waals surface area contributed by atoms with Crippen LogP contribution in [0.3, 0.4) is 0 Å². The van der Waals surface area contributed by atoms with Gasteiger partial charge in [0, 0.05) is 30.5 Å². The van der Waals surface area contributed by atoms with Gasteiger partial charge in [-0.25, -0.2) is 4.39 Å². The number of benzene rings is 2. The zero-order valence-electron chi connectivity index (χ0n) is 10.9. The molecule has 100 valence electrons. The van der Waals surface area contributed by atoms with Crippen LogP contribution in [-0.4, -0.2) is 18.9 Å². The Bertz CT molecular complexity index is 498. The fourth-order valence-corrected chi connectivity index (χ4v) is 2.68. The van der Waals surface area contributed by atoms with E-state index in [9.17, 15) is 4.39 Å². The van der Waals surface area contributed by atoms with Gasteiger partial charge in [-0.15, -0.1) is 0 Å². The van der Waals surface area contributed by atoms with E-state index in [4.69, 9.17) is 0 Å². The van der Waals surface area contributed by atoms with Gasteiger partial charge < -0.3 is 4.90 Å². The highest BCUT2D eigenvalue weighted by molar-refractivity contribution is 9.09. The van der Waals surface area contributed by atoms with Crippen LogP contribution in [0.2, 0.25) is 0 Å². The molecule has 0 aliphatic rings. The van der Waals surface area contributed by atoms with Gasteiger partial charge in [0.25, 0.3) is 0 Å². The van der Waals surface area contributed by atoms with E-state index in [1.807, 2.05) is 25.2 Å². The SMILES string of the molecule is CN(CC(CBr)c1ccccc1)c1ccc(F)cc1. The molecular weight excluding hydrogens is 305 g/mol. The lowest BCUT2D eigenvalue weighted by molar-refractivity contribution is 0.627. The largest absolute Gasteiger partial charge is 0.374 e. The molecule has 0 saturated carbocycles. The minimum atomic E-state index is -0.197. The fourth-order valence-electron chi connectivity index (χ4n) is 2.10. The molecule has 1 atom stereocenters. The molecule has 0 heterocycles. The van der Waals surface area contributed by atoms with Crippen LogP contribution in [0.5, 0.6) is 0 Å². The second-order valence-corrected chi connectivity index (χ2v) is 5.27. The minimum absolute atomic E-state index is 0.197. The fraction of sp³-hybridized carbons (Fsp3) is 0.250. The van der Waals surface area contributed by atoms with Gasteiger partial charge in [0.1, 0.15) is 5.82 Å². The number of likely N-dealkylation sites (N-methyl/N-ethyl adjacent to an activating group) is 1. The first-order chi connectivity index (χ1) is 9.20. The summed E-state index contributed by atoms with van der Waals surface area (Å²) in [5, 5.41) is 0.905. The molecule has 0 aromatic heterocycles. The first-order valence-electron chi connectivity index (χ1n) is 6.28. The average Bonchev–Trinajstić information content (AvgIpc) is 2.46. The zero-order chi connectivity index (χ0) is 13.7. The van der Waals surface area contributed by atoms with Crippen molar-refractivity contribution in [1.29, 1.82) is 0 Å². The predicted octanol–water partition coefficient (Wildman–Crippen LogP) is 4.44. The molecule has 2 aromatic rings. The Balaban J connectivity index is 2.08. The summed E-state index contributed by atoms with van der Waals surface area (Å²) >= 11 is 3.58. The third-order valence-electron chi connectivity index (χ3n) is 3.22. The summed E-state index contributed by atoms with van der Waals surface area (Å²) in [7, 11) is 2.03. The predicted molar refractivity (Wildman–Crippen MR) is 82.6 cm³/mol. The van der Waals surface area contributed by atoms with E-state index in [2.05, 4.69) is 45.1 Å². The van der Waals surface area contributed by atoms with Crippen molar-refractivity contribution in [3.05, 3.63) is 66.0 Å². The molecule has 0 bridgehead atoms. The highest BCUT2D eigenvalue weighted by Crippen LogP contribution is 2.22. The number of hydrogen-bond acceptors (Lipinski definition) is 1. The van der Waals surface area contributed by atoms with Crippen LogP contribution in [0.15, 0.2) is 54.6 Å². The number of nitrogens with zero attached hydrogens (tertiary/aromatic N) is 1. The summed E-state index contributed by atoms with van der Waals surface area (Å²) in [5.74, 6) is 0.216. The van der Waals surface area contributed by atoms with Crippen molar-refractivity contribution in [2.75, 3.05) is 23.8 Å². The average molecular weight is 322 g/mol. The maximum Gasteiger partial charge on any atom is 0.123 e. The standard InChI is InChI=1S/C16H17BrFN/c1-19(16-9-7-15(18)8-10-16)12-14(11-17)13-5-3-2-4-6-13/h2-10,14H,11-12H2,1H3. The van der Waals surface area contributed by atoms with Gasteiger partial charge in [0.2, 0.25) is 0 Å². The van der Waals surface area contributed by atoms with E-state index in [0.29, 0.717) is 5.92 Å². The Hall–Kier alpha value is -1.35. The molecule has 0 N–H and O–H groups in total. The van der Waals surface area contributed by atoms with Gasteiger partial charge in [0.15, 0.2) is 0 Å². The van der Waals surface area contributed by atoms with E-state index in [1.165, 1.54) is 17.7 Å². The zero-order valence-corrected chi connectivity index (χ0v) is 12.5. The lowest BCUT2D eigenvalue weighted by Crippen LogP contribution is -2.25. The summed E-state index contributed by atoms with van der Waals surface area (Å²) in [5.41, 5.74) is 2.34. The van der Waals surface area contributed by atoms with E-state index in [-0.39, 0.29) is 5.82 Å². The van der Waals surface area contributed by atoms with E-state index in [0.717, 1.165) is 17.6 Å². The highest BCUT2D eigenvalue weighted by atomic mass is 79.9. The summed E-state index contributed by atoms with van der Waals surface area (Å²) in [6, 6.07) is 17.0. The van der Waals surface area contributed by atoms with Gasteiger partial charge in [0.05, 0.1) is 0 Å². The van der Waals surface area contributed by atoms with Crippen LogP contribution in [-0.2, 0) is 0 Å². The van der Waals surface area contributed by atoms with E-state index < -0.39 is 0 Å². The van der Waals surface area contributed by atoms with Crippen molar-refractivity contribution in [2.45, 2.75) is 5.92 Å². The summed E-state index contributed by atoms with van der Waals surface area (Å²) in [6.07, 6.45) is 0. The van der Waals surface area contributed by atoms with Crippen LogP contribution < -0.4 is 4.90 Å². The van der Waals surface area contributed by atoms with Crippen LogP contribution in [0.4, 0.5) is 10.1 Å². The van der Waals surface area contributed by atoms with Crippen molar-refractivity contribution in [1.82, 2.24) is 0 Å². The molecule has 2 rings (SSSR count). The normalized spacial score (nSPS) is 12.2. The third kappa shape index (κ3) is 3.80. The molecular formula is C16H17BrFN. The molecule has 0 spiro atoms. The van der Waals surface area contributed by atoms with E-state index in [1.54, 1.807) is 0 Å². The van der Waals surface area contributed by atoms with Gasteiger partial charge in [-0.2, -0.15) is 0 Å². The lowest BCUT2D eigenvalue weighted by atomic mass is 10.0. The van der Waals surface area contributed by atoms with Gasteiger partial charge in [-0.3, -0.25) is 0 Å². The number of alkyl halides is 1. The van der Waals surface area contributed by atoms with Crippen LogP contribution in [0.1, 0.15) is 11.5 Å². The minimum Gasteiger partial charge on any atom is -0.374 e. The molecule has 0 aliphatic heterocycles. The second-order valence-electron chi connectivity index (χ2n) is 4.62. The molecule has 0 radical (unpaired) electrons. The Morgan fingerprint density at radius 3 is 2.26 bits per heavy atom. The topological polar surface area (TPSA) is 3.24 Å². The van der Waals surface area contributed by atoms with Crippen molar-refractivity contribution >= 4 is 21.6 Å². The first kappa shape index (κ1) is 14.1. The summed E-state index contributed by atoms with van der Waals surface area (Å²) in [4.78, 5) is 2.15. The Morgan fingerprint density at radius 1 is 1.05 bits per heavy atom. The van der Waals surface area contributed by atoms with Crippen molar-refractivity contribution in [2.24, 2.45) is 0 Å². The quantitative estimate of drug-likeness (QED) is 0.736. The molecule has 2 aromatic carbocycles. The number of halogens is 2. The van der Waals surface area contributed by atoms with Crippen LogP contribution in [0, 0.1) is 5.82 Å². The number of anilines is 1. The number of rotatable bonds is 5. The second kappa shape index (κ2) is 6.71. The number of hydrogen-bond donors (Lipinski definition) is 0. The van der Waals surface area contributed by atoms with Crippen molar-refractivity contribution < 1.29 is 4.39 Å². The van der Waals surface area contributed by atoms with Gasteiger partial charge >= 0.3 is 0 Å². The summed E-state index contributed by atoms with van der Waals surface area (Å²) < 4.78 is 12.9. The van der Waals surface area contributed by atoms with E-state index >= 15 is 0 Å². The van der Waals surface area contributed by atoms with Gasteiger partial charge in [-0.1, -0.05) is 46.3 Å². The highest BCUT2D eigenvalue weighted by Gasteiger charge is 2.13. The summed E-state index contributed by atoms with van der Waals surface area (Å²) in [6.45, 7) is 0.890. The Labute approximate surface area is 122 Å². The third-order valence-corrected chi connectivity index (χ3v) is 4.00. The Morgan fingerprint density at radius 2 is 1.68 bits per heavy atom. The van der Waals surface area contributed by atoms with Crippen LogP contribution >= 0.6 is 15.9 Å². The molecule has 0 amide bonds. The van der Waals surface area contributed by atoms with Crippen molar-refractivity contribution in [3.8, 4) is 0 Å². The Kier molecular flexibility index (Phi) is 4.97. The molecule has 1 nitrogen and oxygen atoms in total. The molecule has 0 aliphatic carbocycles. The molecule has 19 heavy (non-hydrogen) atoms. The maximum absolute atomic E-state index is 12.9. The molecule has 3 heteroatoms. The molecule has 0 fully saturated rings.